The van der Waals surface area contributed by atoms with Gasteiger partial charge in [0.1, 0.15) is 18.1 Å². The molecule has 3 heterocycles. The number of morpholine rings is 1. The number of ether oxygens (including phenoxy) is 2. The summed E-state index contributed by atoms with van der Waals surface area (Å²) < 4.78 is 11.3. The first-order chi connectivity index (χ1) is 20.0. The number of ketones is 1. The van der Waals surface area contributed by atoms with Gasteiger partial charge >= 0.3 is 6.03 Å². The maximum atomic E-state index is 13.7. The molecule has 41 heavy (non-hydrogen) atoms. The summed E-state index contributed by atoms with van der Waals surface area (Å²) in [6, 6.07) is 13.3. The Morgan fingerprint density at radius 1 is 1.02 bits per heavy atom. The number of carbonyl (C=O) groups is 2. The molecule has 2 fully saturated rings. The van der Waals surface area contributed by atoms with Crippen molar-refractivity contribution in [2.24, 2.45) is 0 Å². The van der Waals surface area contributed by atoms with E-state index in [9.17, 15) is 9.59 Å². The lowest BCUT2D eigenvalue weighted by molar-refractivity contribution is 0.0207. The van der Waals surface area contributed by atoms with Crippen molar-refractivity contribution in [3.8, 4) is 28.3 Å². The lowest BCUT2D eigenvalue weighted by Gasteiger charge is -2.36. The van der Waals surface area contributed by atoms with E-state index in [4.69, 9.17) is 9.47 Å². The van der Waals surface area contributed by atoms with Crippen molar-refractivity contribution in [3.05, 3.63) is 53.6 Å². The van der Waals surface area contributed by atoms with Crippen LogP contribution in [0.2, 0.25) is 0 Å². The first-order valence-electron chi connectivity index (χ1n) is 14.3. The van der Waals surface area contributed by atoms with Gasteiger partial charge < -0.3 is 14.8 Å². The summed E-state index contributed by atoms with van der Waals surface area (Å²) in [5.41, 5.74) is 7.05. The fraction of sp³-hybridized carbons (Fsp3) is 0.433. The second-order valence-corrected chi connectivity index (χ2v) is 10.9. The Hall–Kier alpha value is -3.77. The van der Waals surface area contributed by atoms with E-state index in [0.29, 0.717) is 67.2 Å². The van der Waals surface area contributed by atoms with Crippen LogP contribution in [0.25, 0.3) is 22.5 Å². The Morgan fingerprint density at radius 2 is 1.78 bits per heavy atom. The number of anilines is 1. The van der Waals surface area contributed by atoms with Crippen molar-refractivity contribution in [2.45, 2.75) is 19.9 Å². The van der Waals surface area contributed by atoms with E-state index in [1.54, 1.807) is 11.1 Å². The maximum absolute atomic E-state index is 13.7. The van der Waals surface area contributed by atoms with Gasteiger partial charge in [-0.2, -0.15) is 5.10 Å². The molecule has 0 atom stereocenters. The molecule has 2 aliphatic heterocycles. The molecule has 11 heteroatoms. The molecule has 2 amide bonds. The van der Waals surface area contributed by atoms with E-state index in [0.717, 1.165) is 49.6 Å². The summed E-state index contributed by atoms with van der Waals surface area (Å²) in [6.45, 7) is 12.7. The number of fused-ring (bicyclic) bond motifs is 3. The van der Waals surface area contributed by atoms with E-state index in [1.165, 1.54) is 0 Å². The van der Waals surface area contributed by atoms with Crippen molar-refractivity contribution in [1.82, 2.24) is 30.4 Å². The van der Waals surface area contributed by atoms with Gasteiger partial charge in [-0.15, -0.1) is 0 Å². The smallest absolute Gasteiger partial charge is 0.333 e. The SMILES string of the molecule is CC(C)N1CCN(CCOc2ccc(-c3n[nH]c4c3C(=O)c3c(NC(=O)NN5CCOCC5)cccc3-4)cc2)CC1. The molecule has 0 spiro atoms. The number of hydrogen-bond acceptors (Lipinski definition) is 8. The van der Waals surface area contributed by atoms with Crippen LogP contribution in [0, 0.1) is 0 Å². The molecule has 2 saturated heterocycles. The number of benzene rings is 2. The third-order valence-corrected chi connectivity index (χ3v) is 8.01. The number of hydrazine groups is 1. The second-order valence-electron chi connectivity index (χ2n) is 10.9. The zero-order chi connectivity index (χ0) is 28.3. The molecule has 0 bridgehead atoms. The third-order valence-electron chi connectivity index (χ3n) is 8.01. The van der Waals surface area contributed by atoms with Crippen LogP contribution in [0.5, 0.6) is 5.75 Å². The normalized spacial score (nSPS) is 17.9. The molecule has 1 aromatic heterocycles. The van der Waals surface area contributed by atoms with Crippen LogP contribution >= 0.6 is 0 Å². The molecule has 3 aliphatic rings. The molecule has 0 saturated carbocycles. The number of nitrogens with zero attached hydrogens (tertiary/aromatic N) is 4. The minimum absolute atomic E-state index is 0.168. The molecule has 0 radical (unpaired) electrons. The van der Waals surface area contributed by atoms with E-state index < -0.39 is 6.03 Å². The summed E-state index contributed by atoms with van der Waals surface area (Å²) in [5, 5.41) is 12.2. The lowest BCUT2D eigenvalue weighted by Crippen LogP contribution is -2.49. The monoisotopic (exact) mass is 559 g/mol. The van der Waals surface area contributed by atoms with Gasteiger partial charge in [-0.05, 0) is 44.2 Å². The van der Waals surface area contributed by atoms with Gasteiger partial charge in [0.25, 0.3) is 0 Å². The number of nitrogens with one attached hydrogen (secondary N) is 3. The highest BCUT2D eigenvalue weighted by atomic mass is 16.5. The van der Waals surface area contributed by atoms with Gasteiger partial charge in [0.2, 0.25) is 0 Å². The minimum atomic E-state index is -0.393. The number of aromatic amines is 1. The number of H-pyrrole nitrogens is 1. The molecule has 0 unspecified atom stereocenters. The second kappa shape index (κ2) is 12.0. The number of aromatic nitrogens is 2. The molecular weight excluding hydrogens is 522 g/mol. The largest absolute Gasteiger partial charge is 0.492 e. The number of rotatable bonds is 8. The summed E-state index contributed by atoms with van der Waals surface area (Å²) in [7, 11) is 0. The minimum Gasteiger partial charge on any atom is -0.492 e. The Morgan fingerprint density at radius 3 is 2.51 bits per heavy atom. The van der Waals surface area contributed by atoms with Crippen LogP contribution in [0.15, 0.2) is 42.5 Å². The Bertz CT molecular complexity index is 1390. The van der Waals surface area contributed by atoms with Gasteiger partial charge in [0.05, 0.1) is 35.7 Å². The third kappa shape index (κ3) is 5.84. The van der Waals surface area contributed by atoms with Crippen molar-refractivity contribution >= 4 is 17.5 Å². The zero-order valence-corrected chi connectivity index (χ0v) is 23.6. The molecule has 1 aliphatic carbocycles. The highest BCUT2D eigenvalue weighted by Gasteiger charge is 2.35. The molecule has 6 rings (SSSR count). The van der Waals surface area contributed by atoms with Gasteiger partial charge in [-0.1, -0.05) is 12.1 Å². The number of amides is 2. The van der Waals surface area contributed by atoms with Crippen LogP contribution in [-0.4, -0.2) is 108 Å². The van der Waals surface area contributed by atoms with Crippen molar-refractivity contribution in [1.29, 1.82) is 0 Å². The first-order valence-corrected chi connectivity index (χ1v) is 14.3. The van der Waals surface area contributed by atoms with Crippen LogP contribution in [0.3, 0.4) is 0 Å². The Labute approximate surface area is 239 Å². The average Bonchev–Trinajstić information content (AvgIpc) is 3.54. The van der Waals surface area contributed by atoms with Crippen LogP contribution in [0.4, 0.5) is 10.5 Å². The summed E-state index contributed by atoms with van der Waals surface area (Å²) in [4.78, 5) is 31.3. The lowest BCUT2D eigenvalue weighted by atomic mass is 10.0. The Kier molecular flexibility index (Phi) is 8.02. The van der Waals surface area contributed by atoms with Gasteiger partial charge in [0.15, 0.2) is 5.78 Å². The van der Waals surface area contributed by atoms with Gasteiger partial charge in [0, 0.05) is 63.0 Å². The van der Waals surface area contributed by atoms with Crippen LogP contribution in [-0.2, 0) is 4.74 Å². The van der Waals surface area contributed by atoms with Crippen LogP contribution < -0.4 is 15.5 Å². The van der Waals surface area contributed by atoms with E-state index in [1.807, 2.05) is 36.4 Å². The molecular formula is C30H37N7O4. The zero-order valence-electron chi connectivity index (χ0n) is 23.6. The topological polar surface area (TPSA) is 115 Å². The quantitative estimate of drug-likeness (QED) is 0.302. The van der Waals surface area contributed by atoms with E-state index in [-0.39, 0.29) is 5.78 Å². The summed E-state index contributed by atoms with van der Waals surface area (Å²) in [6.07, 6.45) is 0. The fourth-order valence-corrected chi connectivity index (χ4v) is 5.68. The van der Waals surface area contributed by atoms with Crippen molar-refractivity contribution < 1.29 is 19.1 Å². The predicted molar refractivity (Wildman–Crippen MR) is 156 cm³/mol. The molecule has 216 valence electrons. The number of urea groups is 1. The van der Waals surface area contributed by atoms with E-state index in [2.05, 4.69) is 44.6 Å². The van der Waals surface area contributed by atoms with Crippen molar-refractivity contribution in [2.75, 3.05) is 71.0 Å². The molecule has 3 aromatic rings. The van der Waals surface area contributed by atoms with E-state index >= 15 is 0 Å². The van der Waals surface area contributed by atoms with Gasteiger partial charge in [-0.3, -0.25) is 25.1 Å². The molecule has 2 aromatic carbocycles. The summed E-state index contributed by atoms with van der Waals surface area (Å²) >= 11 is 0. The molecule has 11 nitrogen and oxygen atoms in total. The predicted octanol–water partition coefficient (Wildman–Crippen LogP) is 3.06. The number of piperazine rings is 1. The fourth-order valence-electron chi connectivity index (χ4n) is 5.68. The average molecular weight is 560 g/mol. The number of carbonyl (C=O) groups excluding carboxylic acids is 2. The summed E-state index contributed by atoms with van der Waals surface area (Å²) in [5.74, 6) is 0.619. The maximum Gasteiger partial charge on any atom is 0.333 e. The Balaban J connectivity index is 1.09. The molecule has 3 N–H and O–H groups in total. The standard InChI is InChI=1S/C30H37N7O4/c1-20(2)36-12-10-35(11-13-36)14-19-41-22-8-6-21(7-9-22)27-26-28(33-32-27)23-4-3-5-24(25(23)29(26)38)31-30(39)34-37-15-17-40-18-16-37/h3-9,20H,10-19H2,1-2H3,(H,32,33)(H2,31,34,39). The number of hydrogen-bond donors (Lipinski definition) is 3. The first kappa shape index (κ1) is 27.4. The van der Waals surface area contributed by atoms with Crippen LogP contribution in [0.1, 0.15) is 29.8 Å². The van der Waals surface area contributed by atoms with Gasteiger partial charge in [-0.25, -0.2) is 9.80 Å². The van der Waals surface area contributed by atoms with Crippen molar-refractivity contribution in [3.63, 3.8) is 0 Å². The highest BCUT2D eigenvalue weighted by molar-refractivity contribution is 6.26. The highest BCUT2D eigenvalue weighted by Crippen LogP contribution is 2.43.